The van der Waals surface area contributed by atoms with Crippen molar-refractivity contribution in [2.24, 2.45) is 5.73 Å². The second kappa shape index (κ2) is 5.57. The molecule has 2 aromatic rings. The SMILES string of the molecule is C[C@@H](N)C(=O)N1[C@H]2CC[C@H]1CC(O)(Cn1ccc3ccncc31)C2. The molecule has 0 aromatic carbocycles. The lowest BCUT2D eigenvalue weighted by atomic mass is 9.85. The molecule has 4 heterocycles. The maximum Gasteiger partial charge on any atom is 0.239 e. The Morgan fingerprint density at radius 3 is 2.79 bits per heavy atom. The van der Waals surface area contributed by atoms with E-state index in [0.29, 0.717) is 19.4 Å². The van der Waals surface area contributed by atoms with Gasteiger partial charge in [0.05, 0.1) is 29.9 Å². The molecule has 6 nitrogen and oxygen atoms in total. The smallest absolute Gasteiger partial charge is 0.239 e. The van der Waals surface area contributed by atoms with Crippen molar-refractivity contribution in [3.63, 3.8) is 0 Å². The van der Waals surface area contributed by atoms with Crippen LogP contribution in [0, 0.1) is 0 Å². The molecule has 24 heavy (non-hydrogen) atoms. The van der Waals surface area contributed by atoms with Gasteiger partial charge in [-0.1, -0.05) is 0 Å². The quantitative estimate of drug-likeness (QED) is 0.888. The minimum absolute atomic E-state index is 0.0140. The molecule has 0 aliphatic carbocycles. The Bertz CT molecular complexity index is 755. The molecule has 0 radical (unpaired) electrons. The van der Waals surface area contributed by atoms with Crippen LogP contribution in [0.25, 0.3) is 10.9 Å². The van der Waals surface area contributed by atoms with E-state index >= 15 is 0 Å². The number of aliphatic hydroxyl groups is 1. The summed E-state index contributed by atoms with van der Waals surface area (Å²) in [7, 11) is 0. The minimum Gasteiger partial charge on any atom is -0.388 e. The molecule has 0 saturated carbocycles. The van der Waals surface area contributed by atoms with Gasteiger partial charge < -0.3 is 20.3 Å². The molecule has 3 atom stereocenters. The van der Waals surface area contributed by atoms with Crippen molar-refractivity contribution in [1.82, 2.24) is 14.5 Å². The number of pyridine rings is 1. The van der Waals surface area contributed by atoms with E-state index in [1.165, 1.54) is 0 Å². The van der Waals surface area contributed by atoms with Gasteiger partial charge in [0.25, 0.3) is 0 Å². The van der Waals surface area contributed by atoms with Gasteiger partial charge in [0.15, 0.2) is 0 Å². The Labute approximate surface area is 141 Å². The van der Waals surface area contributed by atoms with Crippen molar-refractivity contribution in [3.8, 4) is 0 Å². The largest absolute Gasteiger partial charge is 0.388 e. The molecule has 2 aliphatic rings. The van der Waals surface area contributed by atoms with Gasteiger partial charge in [-0.2, -0.15) is 0 Å². The predicted octanol–water partition coefficient (Wildman–Crippen LogP) is 1.27. The van der Waals surface area contributed by atoms with E-state index in [4.69, 9.17) is 5.73 Å². The Hall–Kier alpha value is -1.92. The van der Waals surface area contributed by atoms with E-state index in [1.807, 2.05) is 29.4 Å². The van der Waals surface area contributed by atoms with Gasteiger partial charge in [-0.15, -0.1) is 0 Å². The van der Waals surface area contributed by atoms with E-state index in [-0.39, 0.29) is 18.0 Å². The molecule has 128 valence electrons. The lowest BCUT2D eigenvalue weighted by Gasteiger charge is -2.44. The zero-order chi connectivity index (χ0) is 16.9. The molecular formula is C18H24N4O2. The number of amides is 1. The summed E-state index contributed by atoms with van der Waals surface area (Å²) in [6.07, 6.45) is 8.76. The Kier molecular flexibility index (Phi) is 3.62. The fourth-order valence-electron chi connectivity index (χ4n) is 4.53. The first kappa shape index (κ1) is 15.6. The number of nitrogens with zero attached hydrogens (tertiary/aromatic N) is 3. The molecular weight excluding hydrogens is 304 g/mol. The Morgan fingerprint density at radius 2 is 2.12 bits per heavy atom. The number of carbonyl (C=O) groups excluding carboxylic acids is 1. The van der Waals surface area contributed by atoms with Crippen LogP contribution in [0.3, 0.4) is 0 Å². The number of fused-ring (bicyclic) bond motifs is 3. The predicted molar refractivity (Wildman–Crippen MR) is 91.2 cm³/mol. The van der Waals surface area contributed by atoms with Crippen molar-refractivity contribution in [1.29, 1.82) is 0 Å². The van der Waals surface area contributed by atoms with Crippen LogP contribution in [0.5, 0.6) is 0 Å². The van der Waals surface area contributed by atoms with Crippen LogP contribution in [0.4, 0.5) is 0 Å². The highest BCUT2D eigenvalue weighted by Gasteiger charge is 2.49. The third-order valence-corrected chi connectivity index (χ3v) is 5.54. The molecule has 1 amide bonds. The number of piperidine rings is 1. The highest BCUT2D eigenvalue weighted by Crippen LogP contribution is 2.42. The van der Waals surface area contributed by atoms with E-state index in [1.54, 1.807) is 13.1 Å². The average Bonchev–Trinajstić information content (AvgIpc) is 3.06. The van der Waals surface area contributed by atoms with E-state index in [0.717, 1.165) is 23.7 Å². The first-order valence-corrected chi connectivity index (χ1v) is 8.66. The van der Waals surface area contributed by atoms with Gasteiger partial charge in [0.1, 0.15) is 0 Å². The van der Waals surface area contributed by atoms with Crippen LogP contribution in [-0.2, 0) is 11.3 Å². The maximum absolute atomic E-state index is 12.4. The second-order valence-corrected chi connectivity index (χ2v) is 7.43. The van der Waals surface area contributed by atoms with Crippen molar-refractivity contribution in [2.75, 3.05) is 0 Å². The summed E-state index contributed by atoms with van der Waals surface area (Å²) in [5.74, 6) is 0.0140. The van der Waals surface area contributed by atoms with Crippen LogP contribution in [0.15, 0.2) is 30.7 Å². The summed E-state index contributed by atoms with van der Waals surface area (Å²) in [5.41, 5.74) is 6.04. The van der Waals surface area contributed by atoms with E-state index in [9.17, 15) is 9.90 Å². The van der Waals surface area contributed by atoms with Crippen LogP contribution < -0.4 is 5.73 Å². The summed E-state index contributed by atoms with van der Waals surface area (Å²) < 4.78 is 2.07. The zero-order valence-electron chi connectivity index (χ0n) is 13.9. The molecule has 2 aromatic heterocycles. The van der Waals surface area contributed by atoms with Crippen LogP contribution in [0.1, 0.15) is 32.6 Å². The summed E-state index contributed by atoms with van der Waals surface area (Å²) in [5, 5.41) is 12.3. The number of hydrogen-bond donors (Lipinski definition) is 2. The van der Waals surface area contributed by atoms with Gasteiger partial charge >= 0.3 is 0 Å². The number of nitrogens with two attached hydrogens (primary N) is 1. The van der Waals surface area contributed by atoms with Crippen molar-refractivity contribution in [2.45, 2.75) is 62.9 Å². The summed E-state index contributed by atoms with van der Waals surface area (Å²) >= 11 is 0. The van der Waals surface area contributed by atoms with Crippen LogP contribution in [-0.4, -0.2) is 49.2 Å². The third kappa shape index (κ3) is 2.50. The summed E-state index contributed by atoms with van der Waals surface area (Å²) in [6, 6.07) is 3.76. The summed E-state index contributed by atoms with van der Waals surface area (Å²) in [6.45, 7) is 2.27. The van der Waals surface area contributed by atoms with Crippen LogP contribution >= 0.6 is 0 Å². The monoisotopic (exact) mass is 328 g/mol. The average molecular weight is 328 g/mol. The molecule has 6 heteroatoms. The zero-order valence-corrected chi connectivity index (χ0v) is 13.9. The van der Waals surface area contributed by atoms with Gasteiger partial charge in [-0.05, 0) is 44.7 Å². The van der Waals surface area contributed by atoms with E-state index < -0.39 is 11.6 Å². The Morgan fingerprint density at radius 1 is 1.42 bits per heavy atom. The second-order valence-electron chi connectivity index (χ2n) is 7.43. The fraction of sp³-hybridized carbons (Fsp3) is 0.556. The van der Waals surface area contributed by atoms with Gasteiger partial charge in [0.2, 0.25) is 5.91 Å². The number of carbonyl (C=O) groups is 1. The van der Waals surface area contributed by atoms with E-state index in [2.05, 4.69) is 9.55 Å². The molecule has 0 spiro atoms. The van der Waals surface area contributed by atoms with Crippen molar-refractivity contribution in [3.05, 3.63) is 30.7 Å². The third-order valence-electron chi connectivity index (χ3n) is 5.54. The molecule has 2 saturated heterocycles. The maximum atomic E-state index is 12.4. The minimum atomic E-state index is -0.789. The summed E-state index contributed by atoms with van der Waals surface area (Å²) in [4.78, 5) is 18.5. The number of hydrogen-bond acceptors (Lipinski definition) is 4. The highest BCUT2D eigenvalue weighted by atomic mass is 16.3. The van der Waals surface area contributed by atoms with Gasteiger partial charge in [0, 0.05) is 29.9 Å². The molecule has 0 unspecified atom stereocenters. The van der Waals surface area contributed by atoms with Gasteiger partial charge in [-0.25, -0.2) is 0 Å². The standard InChI is InChI=1S/C18H24N4O2/c1-12(19)17(23)22-14-2-3-15(22)9-18(24,8-14)11-21-7-5-13-4-6-20-10-16(13)21/h4-7,10,12,14-15,24H,2-3,8-9,11,19H2,1H3/t12-,14+,15+/m1/s1. The lowest BCUT2D eigenvalue weighted by Crippen LogP contribution is -2.57. The highest BCUT2D eigenvalue weighted by molar-refractivity contribution is 5.82. The van der Waals surface area contributed by atoms with Crippen molar-refractivity contribution >= 4 is 16.8 Å². The fourth-order valence-corrected chi connectivity index (χ4v) is 4.53. The first-order valence-electron chi connectivity index (χ1n) is 8.66. The topological polar surface area (TPSA) is 84.4 Å². The molecule has 2 aliphatic heterocycles. The van der Waals surface area contributed by atoms with Crippen LogP contribution in [0.2, 0.25) is 0 Å². The van der Waals surface area contributed by atoms with Gasteiger partial charge in [-0.3, -0.25) is 9.78 Å². The van der Waals surface area contributed by atoms with Crippen molar-refractivity contribution < 1.29 is 9.90 Å². The molecule has 4 rings (SSSR count). The number of aromatic nitrogens is 2. The lowest BCUT2D eigenvalue weighted by molar-refractivity contribution is -0.143. The normalized spacial score (nSPS) is 30.7. The molecule has 3 N–H and O–H groups in total. The molecule has 2 bridgehead atoms. The Balaban J connectivity index is 1.56. The number of rotatable bonds is 3. The first-order chi connectivity index (χ1) is 11.5. The molecule has 2 fully saturated rings.